The Kier molecular flexibility index (Phi) is 4.73. The molecule has 6 heteroatoms. The molecule has 1 aliphatic rings. The Morgan fingerprint density at radius 2 is 2.04 bits per heavy atom. The summed E-state index contributed by atoms with van der Waals surface area (Å²) in [5.41, 5.74) is 1.14. The first-order valence-electron chi connectivity index (χ1n) is 7.56. The van der Waals surface area contributed by atoms with E-state index < -0.39 is 0 Å². The number of carbonyl (C=O) groups excluding carboxylic acids is 2. The lowest BCUT2D eigenvalue weighted by Gasteiger charge is -2.27. The number of nitrogens with zero attached hydrogens (tertiary/aromatic N) is 1. The van der Waals surface area contributed by atoms with Crippen LogP contribution in [0.25, 0.3) is 0 Å². The smallest absolute Gasteiger partial charge is 0.268 e. The number of amides is 2. The lowest BCUT2D eigenvalue weighted by molar-refractivity contribution is 0.0943. The maximum Gasteiger partial charge on any atom is 0.268 e. The first-order chi connectivity index (χ1) is 11.2. The van der Waals surface area contributed by atoms with Gasteiger partial charge < -0.3 is 15.5 Å². The van der Waals surface area contributed by atoms with Gasteiger partial charge in [-0.1, -0.05) is 18.2 Å². The van der Waals surface area contributed by atoms with Gasteiger partial charge >= 0.3 is 0 Å². The van der Waals surface area contributed by atoms with Gasteiger partial charge in [-0.25, -0.2) is 0 Å². The molecule has 1 fully saturated rings. The summed E-state index contributed by atoms with van der Waals surface area (Å²) in [4.78, 5) is 27.1. The average molecular weight is 329 g/mol. The molecule has 0 spiro atoms. The van der Waals surface area contributed by atoms with Gasteiger partial charge in [0.25, 0.3) is 11.8 Å². The van der Waals surface area contributed by atoms with Crippen molar-refractivity contribution in [2.45, 2.75) is 0 Å². The number of carbonyl (C=O) groups is 2. The molecule has 1 aromatic heterocycles. The van der Waals surface area contributed by atoms with Crippen LogP contribution in [0.5, 0.6) is 0 Å². The summed E-state index contributed by atoms with van der Waals surface area (Å²) >= 11 is 1.39. The first-order valence-corrected chi connectivity index (χ1v) is 8.44. The summed E-state index contributed by atoms with van der Waals surface area (Å²) in [6.07, 6.45) is 0. The minimum atomic E-state index is -0.140. The minimum absolute atomic E-state index is 0.108. The zero-order valence-corrected chi connectivity index (χ0v) is 13.7. The third kappa shape index (κ3) is 3.43. The van der Waals surface area contributed by atoms with Gasteiger partial charge in [0.15, 0.2) is 0 Å². The molecular formula is C17H19N3O2S. The molecule has 5 nitrogen and oxygen atoms in total. The van der Waals surface area contributed by atoms with Crippen LogP contribution in [0.15, 0.2) is 41.8 Å². The van der Waals surface area contributed by atoms with Crippen molar-refractivity contribution in [1.82, 2.24) is 10.6 Å². The van der Waals surface area contributed by atoms with E-state index in [1.165, 1.54) is 16.2 Å². The summed E-state index contributed by atoms with van der Waals surface area (Å²) in [6, 6.07) is 10.8. The highest BCUT2D eigenvalue weighted by Crippen LogP contribution is 2.22. The Morgan fingerprint density at radius 1 is 1.26 bits per heavy atom. The van der Waals surface area contributed by atoms with E-state index in [4.69, 9.17) is 0 Å². The van der Waals surface area contributed by atoms with Crippen LogP contribution in [-0.2, 0) is 0 Å². The van der Waals surface area contributed by atoms with Crippen molar-refractivity contribution >= 4 is 28.8 Å². The number of benzene rings is 1. The van der Waals surface area contributed by atoms with Gasteiger partial charge in [0.05, 0.1) is 16.1 Å². The van der Waals surface area contributed by atoms with Crippen LogP contribution >= 0.6 is 11.3 Å². The van der Waals surface area contributed by atoms with Crippen LogP contribution in [0, 0.1) is 5.92 Å². The summed E-state index contributed by atoms with van der Waals surface area (Å²) in [5.74, 6) is 0.248. The van der Waals surface area contributed by atoms with Crippen LogP contribution in [0.4, 0.5) is 5.69 Å². The number of nitrogens with one attached hydrogen (secondary N) is 2. The lowest BCUT2D eigenvalue weighted by atomic mass is 10.0. The molecule has 1 saturated heterocycles. The van der Waals surface area contributed by atoms with Gasteiger partial charge in [0, 0.05) is 32.6 Å². The SMILES string of the molecule is CN(C(=O)c1cccs1)c1ccccc1C(=O)NCC1CNC1. The van der Waals surface area contributed by atoms with Crippen molar-refractivity contribution in [3.8, 4) is 0 Å². The molecule has 0 saturated carbocycles. The van der Waals surface area contributed by atoms with Crippen molar-refractivity contribution < 1.29 is 9.59 Å². The van der Waals surface area contributed by atoms with Crippen molar-refractivity contribution in [2.75, 3.05) is 31.6 Å². The number of thiophene rings is 1. The molecule has 0 aliphatic carbocycles. The van der Waals surface area contributed by atoms with Crippen molar-refractivity contribution in [2.24, 2.45) is 5.92 Å². The molecule has 23 heavy (non-hydrogen) atoms. The van der Waals surface area contributed by atoms with E-state index >= 15 is 0 Å². The molecule has 2 aromatic rings. The second kappa shape index (κ2) is 6.93. The topological polar surface area (TPSA) is 61.4 Å². The summed E-state index contributed by atoms with van der Waals surface area (Å²) < 4.78 is 0. The third-order valence-corrected chi connectivity index (χ3v) is 4.82. The highest BCUT2D eigenvalue weighted by Gasteiger charge is 2.22. The van der Waals surface area contributed by atoms with Gasteiger partial charge in [0.2, 0.25) is 0 Å². The Hall–Kier alpha value is -2.18. The molecule has 0 atom stereocenters. The van der Waals surface area contributed by atoms with Crippen molar-refractivity contribution in [1.29, 1.82) is 0 Å². The largest absolute Gasteiger partial charge is 0.352 e. The van der Waals surface area contributed by atoms with E-state index in [0.29, 0.717) is 28.6 Å². The van der Waals surface area contributed by atoms with Gasteiger partial charge in [-0.05, 0) is 23.6 Å². The van der Waals surface area contributed by atoms with Crippen LogP contribution in [0.1, 0.15) is 20.0 Å². The molecule has 2 N–H and O–H groups in total. The molecule has 2 amide bonds. The van der Waals surface area contributed by atoms with Gasteiger partial charge in [-0.2, -0.15) is 0 Å². The quantitative estimate of drug-likeness (QED) is 0.882. The van der Waals surface area contributed by atoms with Crippen LogP contribution in [0.3, 0.4) is 0 Å². The fourth-order valence-corrected chi connectivity index (χ4v) is 3.16. The highest BCUT2D eigenvalue weighted by atomic mass is 32.1. The van der Waals surface area contributed by atoms with Crippen LogP contribution in [0.2, 0.25) is 0 Å². The number of rotatable bonds is 5. The molecule has 0 radical (unpaired) electrons. The molecule has 0 bridgehead atoms. The molecule has 1 aromatic carbocycles. The highest BCUT2D eigenvalue weighted by molar-refractivity contribution is 7.12. The number of hydrogen-bond donors (Lipinski definition) is 2. The average Bonchev–Trinajstić information content (AvgIpc) is 3.06. The lowest BCUT2D eigenvalue weighted by Crippen LogP contribution is -2.48. The number of para-hydroxylation sites is 1. The Balaban J connectivity index is 1.76. The second-order valence-corrected chi connectivity index (χ2v) is 6.54. The van der Waals surface area contributed by atoms with E-state index in [1.807, 2.05) is 23.6 Å². The first kappa shape index (κ1) is 15.7. The molecule has 2 heterocycles. The van der Waals surface area contributed by atoms with Crippen molar-refractivity contribution in [3.05, 3.63) is 52.2 Å². The zero-order valence-electron chi connectivity index (χ0n) is 12.9. The number of hydrogen-bond acceptors (Lipinski definition) is 4. The maximum absolute atomic E-state index is 12.5. The number of anilines is 1. The predicted molar refractivity (Wildman–Crippen MR) is 92.2 cm³/mol. The molecule has 1 aliphatic heterocycles. The van der Waals surface area contributed by atoms with E-state index in [0.717, 1.165) is 13.1 Å². The summed E-state index contributed by atoms with van der Waals surface area (Å²) in [5, 5.41) is 8.00. The fraction of sp³-hybridized carbons (Fsp3) is 0.294. The van der Waals surface area contributed by atoms with E-state index in [1.54, 1.807) is 25.2 Å². The summed E-state index contributed by atoms with van der Waals surface area (Å²) in [7, 11) is 1.70. The van der Waals surface area contributed by atoms with E-state index in [9.17, 15) is 9.59 Å². The predicted octanol–water partition coefficient (Wildman–Crippen LogP) is 1.97. The minimum Gasteiger partial charge on any atom is -0.352 e. The molecule has 120 valence electrons. The van der Waals surface area contributed by atoms with Gasteiger partial charge in [-0.3, -0.25) is 9.59 Å². The fourth-order valence-electron chi connectivity index (χ4n) is 2.46. The van der Waals surface area contributed by atoms with Gasteiger partial charge in [-0.15, -0.1) is 11.3 Å². The van der Waals surface area contributed by atoms with E-state index in [2.05, 4.69) is 10.6 Å². The molecule has 0 unspecified atom stereocenters. The van der Waals surface area contributed by atoms with E-state index in [-0.39, 0.29) is 11.8 Å². The monoisotopic (exact) mass is 329 g/mol. The third-order valence-electron chi connectivity index (χ3n) is 3.96. The standard InChI is InChI=1S/C17H19N3O2S/c1-20(17(22)15-7-4-8-23-15)14-6-3-2-5-13(14)16(21)19-11-12-9-18-10-12/h2-8,12,18H,9-11H2,1H3,(H,19,21). The molecular weight excluding hydrogens is 310 g/mol. The van der Waals surface area contributed by atoms with Crippen LogP contribution < -0.4 is 15.5 Å². The Morgan fingerprint density at radius 3 is 2.70 bits per heavy atom. The Bertz CT molecular complexity index is 696. The maximum atomic E-state index is 12.5. The van der Waals surface area contributed by atoms with Gasteiger partial charge in [0.1, 0.15) is 0 Å². The Labute approximate surface area is 139 Å². The zero-order chi connectivity index (χ0) is 16.2. The molecule has 3 rings (SSSR count). The van der Waals surface area contributed by atoms with Crippen molar-refractivity contribution in [3.63, 3.8) is 0 Å². The van der Waals surface area contributed by atoms with Crippen LogP contribution in [-0.4, -0.2) is 38.5 Å². The summed E-state index contributed by atoms with van der Waals surface area (Å²) in [6.45, 7) is 2.54. The normalized spacial score (nSPS) is 14.1. The second-order valence-electron chi connectivity index (χ2n) is 5.59.